The summed E-state index contributed by atoms with van der Waals surface area (Å²) in [5.74, 6) is 0.714. The van der Waals surface area contributed by atoms with Crippen molar-refractivity contribution >= 4 is 5.97 Å². The van der Waals surface area contributed by atoms with Crippen molar-refractivity contribution < 1.29 is 9.90 Å². The highest BCUT2D eigenvalue weighted by Crippen LogP contribution is 2.22. The minimum Gasteiger partial charge on any atom is -0.481 e. The molecule has 1 aliphatic rings. The molecule has 0 aliphatic carbocycles. The van der Waals surface area contributed by atoms with E-state index in [0.29, 0.717) is 12.3 Å². The molecule has 94 valence electrons. The predicted octanol–water partition coefficient (Wildman–Crippen LogP) is 2.61. The van der Waals surface area contributed by atoms with E-state index < -0.39 is 5.97 Å². The average molecular weight is 227 g/mol. The summed E-state index contributed by atoms with van der Waals surface area (Å²) in [6.07, 6.45) is 4.87. The molecule has 0 bridgehead atoms. The normalized spacial score (nSPS) is 24.2. The minimum absolute atomic E-state index is 0.335. The predicted molar refractivity (Wildman–Crippen MR) is 65.5 cm³/mol. The first-order valence-corrected chi connectivity index (χ1v) is 6.56. The molecule has 16 heavy (non-hydrogen) atoms. The molecule has 0 saturated carbocycles. The molecule has 0 aromatic rings. The number of hydrogen-bond acceptors (Lipinski definition) is 2. The molecule has 1 heterocycles. The zero-order valence-corrected chi connectivity index (χ0v) is 10.6. The highest BCUT2D eigenvalue weighted by molar-refractivity contribution is 5.66. The third-order valence-electron chi connectivity index (χ3n) is 3.64. The van der Waals surface area contributed by atoms with Crippen LogP contribution < -0.4 is 0 Å². The van der Waals surface area contributed by atoms with Gasteiger partial charge >= 0.3 is 5.97 Å². The molecule has 3 nitrogen and oxygen atoms in total. The van der Waals surface area contributed by atoms with E-state index in [9.17, 15) is 4.79 Å². The number of carboxylic acid groups (broad SMARTS) is 1. The third kappa shape index (κ3) is 4.97. The van der Waals surface area contributed by atoms with Crippen LogP contribution in [0.4, 0.5) is 0 Å². The second kappa shape index (κ2) is 6.89. The van der Waals surface area contributed by atoms with Gasteiger partial charge in [-0.1, -0.05) is 20.3 Å². The summed E-state index contributed by atoms with van der Waals surface area (Å²) < 4.78 is 0. The fourth-order valence-electron chi connectivity index (χ4n) is 2.45. The van der Waals surface area contributed by atoms with E-state index in [4.69, 9.17) is 5.11 Å². The fourth-order valence-corrected chi connectivity index (χ4v) is 2.45. The lowest BCUT2D eigenvalue weighted by atomic mass is 9.92. The Balaban J connectivity index is 2.26. The van der Waals surface area contributed by atoms with Crippen molar-refractivity contribution in [2.45, 2.75) is 46.0 Å². The molecule has 0 amide bonds. The van der Waals surface area contributed by atoms with Crippen LogP contribution in [0.25, 0.3) is 0 Å². The highest BCUT2D eigenvalue weighted by atomic mass is 16.4. The minimum atomic E-state index is -0.654. The van der Waals surface area contributed by atoms with Crippen molar-refractivity contribution in [3.8, 4) is 0 Å². The lowest BCUT2D eigenvalue weighted by Gasteiger charge is -2.34. The Bertz CT molecular complexity index is 218. The number of hydrogen-bond donors (Lipinski definition) is 1. The molecular weight excluding hydrogens is 202 g/mol. The third-order valence-corrected chi connectivity index (χ3v) is 3.64. The van der Waals surface area contributed by atoms with E-state index >= 15 is 0 Å². The highest BCUT2D eigenvalue weighted by Gasteiger charge is 2.21. The molecule has 3 heteroatoms. The van der Waals surface area contributed by atoms with Crippen LogP contribution in [0.15, 0.2) is 0 Å². The second-order valence-corrected chi connectivity index (χ2v) is 5.21. The maximum absolute atomic E-state index is 10.5. The number of aliphatic carboxylic acids is 1. The van der Waals surface area contributed by atoms with Gasteiger partial charge in [0, 0.05) is 19.5 Å². The van der Waals surface area contributed by atoms with Gasteiger partial charge < -0.3 is 10.0 Å². The zero-order valence-electron chi connectivity index (χ0n) is 10.6. The SMILES string of the molecule is CCC(C)CN1CCCC(CCC(=O)O)C1. The van der Waals surface area contributed by atoms with E-state index in [1.54, 1.807) is 0 Å². The maximum atomic E-state index is 10.5. The van der Waals surface area contributed by atoms with Crippen LogP contribution in [0.2, 0.25) is 0 Å². The number of nitrogens with zero attached hydrogens (tertiary/aromatic N) is 1. The molecule has 2 atom stereocenters. The Labute approximate surface area is 98.8 Å². The van der Waals surface area contributed by atoms with Gasteiger partial charge in [0.15, 0.2) is 0 Å². The van der Waals surface area contributed by atoms with Crippen LogP contribution in [-0.4, -0.2) is 35.6 Å². The van der Waals surface area contributed by atoms with Gasteiger partial charge in [-0.05, 0) is 37.6 Å². The van der Waals surface area contributed by atoms with Crippen LogP contribution >= 0.6 is 0 Å². The quantitative estimate of drug-likeness (QED) is 0.758. The molecule has 1 rings (SSSR count). The van der Waals surface area contributed by atoms with Gasteiger partial charge in [0.25, 0.3) is 0 Å². The van der Waals surface area contributed by atoms with E-state index in [1.807, 2.05) is 0 Å². The number of carboxylic acids is 1. The molecule has 0 aromatic carbocycles. The Morgan fingerprint density at radius 3 is 2.94 bits per heavy atom. The smallest absolute Gasteiger partial charge is 0.303 e. The van der Waals surface area contributed by atoms with E-state index in [2.05, 4.69) is 18.7 Å². The molecule has 0 spiro atoms. The van der Waals surface area contributed by atoms with Gasteiger partial charge in [-0.2, -0.15) is 0 Å². The number of piperidine rings is 1. The van der Waals surface area contributed by atoms with Gasteiger partial charge in [0.2, 0.25) is 0 Å². The van der Waals surface area contributed by atoms with Crippen molar-refractivity contribution in [2.24, 2.45) is 11.8 Å². The molecule has 1 saturated heterocycles. The van der Waals surface area contributed by atoms with Gasteiger partial charge in [-0.3, -0.25) is 4.79 Å². The maximum Gasteiger partial charge on any atom is 0.303 e. The Morgan fingerprint density at radius 2 is 2.31 bits per heavy atom. The largest absolute Gasteiger partial charge is 0.481 e. The molecule has 0 radical (unpaired) electrons. The van der Waals surface area contributed by atoms with Crippen LogP contribution in [0.3, 0.4) is 0 Å². The van der Waals surface area contributed by atoms with Gasteiger partial charge in [0.1, 0.15) is 0 Å². The standard InChI is InChI=1S/C13H25NO2/c1-3-11(2)9-14-8-4-5-12(10-14)6-7-13(15)16/h11-12H,3-10H2,1-2H3,(H,15,16). The Kier molecular flexibility index (Phi) is 5.81. The van der Waals surface area contributed by atoms with Crippen molar-refractivity contribution in [1.82, 2.24) is 4.90 Å². The summed E-state index contributed by atoms with van der Waals surface area (Å²) in [4.78, 5) is 13.1. The molecule has 2 unspecified atom stereocenters. The summed E-state index contributed by atoms with van der Waals surface area (Å²) >= 11 is 0. The molecule has 0 aromatic heterocycles. The molecule has 1 fully saturated rings. The van der Waals surface area contributed by atoms with Crippen molar-refractivity contribution in [2.75, 3.05) is 19.6 Å². The van der Waals surface area contributed by atoms with E-state index in [0.717, 1.165) is 18.9 Å². The summed E-state index contributed by atoms with van der Waals surface area (Å²) in [5.41, 5.74) is 0. The molecular formula is C13H25NO2. The van der Waals surface area contributed by atoms with Gasteiger partial charge in [-0.25, -0.2) is 0 Å². The lowest BCUT2D eigenvalue weighted by molar-refractivity contribution is -0.137. The number of rotatable bonds is 6. The molecule has 1 N–H and O–H groups in total. The summed E-state index contributed by atoms with van der Waals surface area (Å²) in [6, 6.07) is 0. The summed E-state index contributed by atoms with van der Waals surface area (Å²) in [6.45, 7) is 8.02. The monoisotopic (exact) mass is 227 g/mol. The average Bonchev–Trinajstić information content (AvgIpc) is 2.26. The van der Waals surface area contributed by atoms with E-state index in [1.165, 1.54) is 32.4 Å². The van der Waals surface area contributed by atoms with E-state index in [-0.39, 0.29) is 0 Å². The van der Waals surface area contributed by atoms with Gasteiger partial charge in [-0.15, -0.1) is 0 Å². The number of likely N-dealkylation sites (tertiary alicyclic amines) is 1. The topological polar surface area (TPSA) is 40.5 Å². The second-order valence-electron chi connectivity index (χ2n) is 5.21. The van der Waals surface area contributed by atoms with Crippen LogP contribution in [0, 0.1) is 11.8 Å². The Hall–Kier alpha value is -0.570. The molecule has 1 aliphatic heterocycles. The first kappa shape index (κ1) is 13.5. The van der Waals surface area contributed by atoms with Crippen LogP contribution in [0.1, 0.15) is 46.0 Å². The summed E-state index contributed by atoms with van der Waals surface area (Å²) in [5, 5.41) is 8.68. The first-order chi connectivity index (χ1) is 7.61. The lowest BCUT2D eigenvalue weighted by Crippen LogP contribution is -2.38. The van der Waals surface area contributed by atoms with Crippen molar-refractivity contribution in [3.05, 3.63) is 0 Å². The van der Waals surface area contributed by atoms with Gasteiger partial charge in [0.05, 0.1) is 0 Å². The van der Waals surface area contributed by atoms with Crippen LogP contribution in [-0.2, 0) is 4.79 Å². The fraction of sp³-hybridized carbons (Fsp3) is 0.923. The van der Waals surface area contributed by atoms with Crippen molar-refractivity contribution in [1.29, 1.82) is 0 Å². The van der Waals surface area contributed by atoms with Crippen molar-refractivity contribution in [3.63, 3.8) is 0 Å². The first-order valence-electron chi connectivity index (χ1n) is 6.56. The zero-order chi connectivity index (χ0) is 12.0. The number of carbonyl (C=O) groups is 1. The summed E-state index contributed by atoms with van der Waals surface area (Å²) in [7, 11) is 0. The Morgan fingerprint density at radius 1 is 1.56 bits per heavy atom. The van der Waals surface area contributed by atoms with Crippen LogP contribution in [0.5, 0.6) is 0 Å².